The van der Waals surface area contributed by atoms with Crippen molar-refractivity contribution in [3.8, 4) is 0 Å². The van der Waals surface area contributed by atoms with Crippen molar-refractivity contribution in [2.24, 2.45) is 5.41 Å². The Hall–Kier alpha value is -2.57. The van der Waals surface area contributed by atoms with Crippen LogP contribution in [-0.2, 0) is 25.5 Å². The normalized spacial score (nSPS) is 19.0. The topological polar surface area (TPSA) is 84.9 Å². The van der Waals surface area contributed by atoms with Crippen LogP contribution in [0.5, 0.6) is 0 Å². The molecule has 1 aromatic carbocycles. The Morgan fingerprint density at radius 2 is 1.86 bits per heavy atom. The second-order valence-corrected chi connectivity index (χ2v) is 7.09. The molecule has 1 aliphatic rings. The Morgan fingerprint density at radius 1 is 1.14 bits per heavy atom. The number of hydrogen-bond acceptors (Lipinski definition) is 5. The number of carbonyl (C=O) groups excluding carboxylic acids is 3. The maximum atomic E-state index is 12.9. The number of esters is 2. The number of likely N-dealkylation sites (tertiary alicyclic amines) is 1. The van der Waals surface area contributed by atoms with E-state index >= 15 is 0 Å². The van der Waals surface area contributed by atoms with Crippen LogP contribution in [0.4, 0.5) is 4.79 Å². The van der Waals surface area contributed by atoms with Gasteiger partial charge in [0.2, 0.25) is 0 Å². The molecule has 1 saturated heterocycles. The number of aryl methyl sites for hydroxylation is 1. The Balaban J connectivity index is 2.16. The lowest BCUT2D eigenvalue weighted by Crippen LogP contribution is -2.54. The van der Waals surface area contributed by atoms with Gasteiger partial charge in [-0.3, -0.25) is 9.59 Å². The van der Waals surface area contributed by atoms with Gasteiger partial charge in [0.25, 0.3) is 0 Å². The zero-order valence-electron chi connectivity index (χ0n) is 17.0. The van der Waals surface area contributed by atoms with Crippen molar-refractivity contribution in [2.75, 3.05) is 32.8 Å². The van der Waals surface area contributed by atoms with E-state index in [2.05, 4.69) is 5.32 Å². The summed E-state index contributed by atoms with van der Waals surface area (Å²) in [4.78, 5) is 38.5. The molecule has 0 aromatic heterocycles. The van der Waals surface area contributed by atoms with E-state index in [-0.39, 0.29) is 31.7 Å². The summed E-state index contributed by atoms with van der Waals surface area (Å²) in [6.45, 7) is 6.67. The molecular weight excluding hydrogens is 360 g/mol. The standard InChI is InChI=1S/C21H30N2O5/c1-4-27-18(24)14-22-20(26)23-12-8-11-21(15-23,19(25)28-5-2)13-17-10-7-6-9-16(17)3/h6-7,9-10H,4-5,8,11-15H2,1-3H3,(H,22,26). The first-order valence-electron chi connectivity index (χ1n) is 9.82. The fourth-order valence-corrected chi connectivity index (χ4v) is 3.62. The minimum Gasteiger partial charge on any atom is -0.466 e. The Bertz CT molecular complexity index is 706. The zero-order chi connectivity index (χ0) is 20.6. The Kier molecular flexibility index (Phi) is 7.84. The molecule has 7 nitrogen and oxygen atoms in total. The third-order valence-corrected chi connectivity index (χ3v) is 5.05. The molecule has 0 saturated carbocycles. The van der Waals surface area contributed by atoms with E-state index in [0.717, 1.165) is 11.1 Å². The number of rotatable bonds is 7. The molecule has 1 atom stereocenters. The highest BCUT2D eigenvalue weighted by Crippen LogP contribution is 2.36. The van der Waals surface area contributed by atoms with Gasteiger partial charge in [-0.1, -0.05) is 24.3 Å². The van der Waals surface area contributed by atoms with Gasteiger partial charge in [0.15, 0.2) is 0 Å². The second-order valence-electron chi connectivity index (χ2n) is 7.09. The number of ether oxygens (including phenoxy) is 2. The van der Waals surface area contributed by atoms with E-state index in [9.17, 15) is 14.4 Å². The minimum absolute atomic E-state index is 0.187. The number of benzene rings is 1. The number of amides is 2. The predicted octanol–water partition coefficient (Wildman–Crippen LogP) is 2.46. The fourth-order valence-electron chi connectivity index (χ4n) is 3.62. The summed E-state index contributed by atoms with van der Waals surface area (Å²) in [6.07, 6.45) is 1.86. The van der Waals surface area contributed by atoms with Crippen molar-refractivity contribution < 1.29 is 23.9 Å². The maximum absolute atomic E-state index is 12.9. The van der Waals surface area contributed by atoms with E-state index in [4.69, 9.17) is 9.47 Å². The van der Waals surface area contributed by atoms with Gasteiger partial charge >= 0.3 is 18.0 Å². The van der Waals surface area contributed by atoms with E-state index in [1.807, 2.05) is 31.2 Å². The summed E-state index contributed by atoms with van der Waals surface area (Å²) in [5.41, 5.74) is 1.39. The lowest BCUT2D eigenvalue weighted by Gasteiger charge is -2.41. The predicted molar refractivity (Wildman–Crippen MR) is 105 cm³/mol. The van der Waals surface area contributed by atoms with Gasteiger partial charge in [-0.15, -0.1) is 0 Å². The first-order chi connectivity index (χ1) is 13.4. The van der Waals surface area contributed by atoms with Crippen molar-refractivity contribution in [1.29, 1.82) is 0 Å². The molecule has 154 valence electrons. The summed E-state index contributed by atoms with van der Waals surface area (Å²) in [6, 6.07) is 7.57. The van der Waals surface area contributed by atoms with Crippen LogP contribution in [0.3, 0.4) is 0 Å². The molecule has 0 aliphatic carbocycles. The number of hydrogen-bond donors (Lipinski definition) is 1. The van der Waals surface area contributed by atoms with Crippen molar-refractivity contribution in [3.63, 3.8) is 0 Å². The monoisotopic (exact) mass is 390 g/mol. The summed E-state index contributed by atoms with van der Waals surface area (Å²) < 4.78 is 10.2. The Morgan fingerprint density at radius 3 is 2.54 bits per heavy atom. The van der Waals surface area contributed by atoms with Crippen LogP contribution in [-0.4, -0.2) is 55.7 Å². The van der Waals surface area contributed by atoms with Crippen LogP contribution >= 0.6 is 0 Å². The van der Waals surface area contributed by atoms with Crippen LogP contribution < -0.4 is 5.32 Å². The van der Waals surface area contributed by atoms with Crippen molar-refractivity contribution >= 4 is 18.0 Å². The molecule has 1 N–H and O–H groups in total. The molecule has 1 heterocycles. The van der Waals surface area contributed by atoms with E-state index in [1.165, 1.54) is 0 Å². The van der Waals surface area contributed by atoms with Crippen LogP contribution in [0.1, 0.15) is 37.8 Å². The lowest BCUT2D eigenvalue weighted by molar-refractivity contribution is -0.158. The average molecular weight is 390 g/mol. The molecule has 28 heavy (non-hydrogen) atoms. The van der Waals surface area contributed by atoms with Gasteiger partial charge < -0.3 is 19.7 Å². The molecule has 0 radical (unpaired) electrons. The number of nitrogens with one attached hydrogen (secondary N) is 1. The van der Waals surface area contributed by atoms with Crippen LogP contribution in [0.2, 0.25) is 0 Å². The van der Waals surface area contributed by atoms with Crippen LogP contribution in [0.15, 0.2) is 24.3 Å². The molecule has 0 bridgehead atoms. The number of carbonyl (C=O) groups is 3. The first kappa shape index (κ1) is 21.7. The summed E-state index contributed by atoms with van der Waals surface area (Å²) >= 11 is 0. The van der Waals surface area contributed by atoms with Gasteiger partial charge in [-0.05, 0) is 51.2 Å². The van der Waals surface area contributed by atoms with Crippen molar-refractivity contribution in [3.05, 3.63) is 35.4 Å². The van der Waals surface area contributed by atoms with Gasteiger partial charge in [-0.25, -0.2) is 4.79 Å². The molecule has 1 aromatic rings. The molecule has 1 aliphatic heterocycles. The lowest BCUT2D eigenvalue weighted by atomic mass is 9.74. The highest BCUT2D eigenvalue weighted by Gasteiger charge is 2.45. The zero-order valence-corrected chi connectivity index (χ0v) is 17.0. The highest BCUT2D eigenvalue weighted by atomic mass is 16.5. The molecule has 1 fully saturated rings. The average Bonchev–Trinajstić information content (AvgIpc) is 2.68. The van der Waals surface area contributed by atoms with Crippen LogP contribution in [0.25, 0.3) is 0 Å². The molecule has 2 rings (SSSR count). The first-order valence-corrected chi connectivity index (χ1v) is 9.82. The molecule has 1 unspecified atom stereocenters. The van der Waals surface area contributed by atoms with E-state index in [0.29, 0.717) is 32.4 Å². The third-order valence-electron chi connectivity index (χ3n) is 5.05. The largest absolute Gasteiger partial charge is 0.466 e. The number of urea groups is 1. The van der Waals surface area contributed by atoms with E-state index in [1.54, 1.807) is 18.7 Å². The molecular formula is C21H30N2O5. The SMILES string of the molecule is CCOC(=O)CNC(=O)N1CCCC(Cc2ccccc2C)(C(=O)OCC)C1. The fraction of sp³-hybridized carbons (Fsp3) is 0.571. The summed E-state index contributed by atoms with van der Waals surface area (Å²) in [5.74, 6) is -0.759. The molecule has 2 amide bonds. The van der Waals surface area contributed by atoms with Gasteiger partial charge in [-0.2, -0.15) is 0 Å². The Labute approximate surface area is 166 Å². The molecule has 7 heteroatoms. The van der Waals surface area contributed by atoms with Gasteiger partial charge in [0, 0.05) is 13.1 Å². The van der Waals surface area contributed by atoms with E-state index < -0.39 is 11.4 Å². The van der Waals surface area contributed by atoms with Crippen LogP contribution in [0, 0.1) is 12.3 Å². The quantitative estimate of drug-likeness (QED) is 0.723. The molecule has 0 spiro atoms. The highest BCUT2D eigenvalue weighted by molar-refractivity contribution is 5.83. The van der Waals surface area contributed by atoms with Gasteiger partial charge in [0.05, 0.1) is 18.6 Å². The maximum Gasteiger partial charge on any atom is 0.325 e. The summed E-state index contributed by atoms with van der Waals surface area (Å²) in [5, 5.41) is 2.58. The minimum atomic E-state index is -0.790. The number of nitrogens with zero attached hydrogens (tertiary/aromatic N) is 1. The van der Waals surface area contributed by atoms with Crippen molar-refractivity contribution in [2.45, 2.75) is 40.0 Å². The van der Waals surface area contributed by atoms with Gasteiger partial charge in [0.1, 0.15) is 6.54 Å². The third kappa shape index (κ3) is 5.47. The smallest absolute Gasteiger partial charge is 0.325 e. The van der Waals surface area contributed by atoms with Crippen molar-refractivity contribution in [1.82, 2.24) is 10.2 Å². The summed E-state index contributed by atoms with van der Waals surface area (Å²) in [7, 11) is 0. The second kappa shape index (κ2) is 10.1. The number of piperidine rings is 1.